The molecule has 3 aromatic carbocycles. The molecular formula is C23H21IN2O3. The molecule has 0 aliphatic carbocycles. The Labute approximate surface area is 183 Å². The number of carbonyl (C=O) groups excluding carboxylic acids is 1. The van der Waals surface area contributed by atoms with Crippen molar-refractivity contribution in [1.29, 1.82) is 0 Å². The van der Waals surface area contributed by atoms with Crippen LogP contribution in [0.5, 0.6) is 11.5 Å². The molecule has 0 bridgehead atoms. The average molecular weight is 500 g/mol. The molecule has 0 spiro atoms. The first kappa shape index (κ1) is 20.9. The van der Waals surface area contributed by atoms with Crippen LogP contribution in [0.2, 0.25) is 0 Å². The zero-order valence-corrected chi connectivity index (χ0v) is 18.3. The summed E-state index contributed by atoms with van der Waals surface area (Å²) in [5.41, 5.74) is 5.93. The van der Waals surface area contributed by atoms with Gasteiger partial charge in [-0.15, -0.1) is 0 Å². The third-order valence-corrected chi connectivity index (χ3v) is 5.05. The van der Waals surface area contributed by atoms with Crippen LogP contribution < -0.4 is 14.9 Å². The van der Waals surface area contributed by atoms with Gasteiger partial charge in [0.05, 0.1) is 16.9 Å². The second kappa shape index (κ2) is 10.1. The number of benzene rings is 3. The van der Waals surface area contributed by atoms with Crippen LogP contribution in [0, 0.1) is 10.5 Å². The van der Waals surface area contributed by atoms with Crippen LogP contribution in [-0.2, 0) is 6.61 Å². The molecule has 0 radical (unpaired) electrons. The fourth-order valence-corrected chi connectivity index (χ4v) is 3.52. The van der Waals surface area contributed by atoms with Crippen LogP contribution in [0.1, 0.15) is 27.0 Å². The number of carbonyl (C=O) groups is 1. The van der Waals surface area contributed by atoms with Crippen LogP contribution >= 0.6 is 22.6 Å². The summed E-state index contributed by atoms with van der Waals surface area (Å²) in [4.78, 5) is 12.2. The molecule has 1 N–H and O–H groups in total. The number of halogens is 1. The number of aryl methyl sites for hydroxylation is 1. The maximum absolute atomic E-state index is 12.2. The van der Waals surface area contributed by atoms with Crippen molar-refractivity contribution in [2.45, 2.75) is 13.5 Å². The van der Waals surface area contributed by atoms with E-state index in [1.807, 2.05) is 67.6 Å². The highest BCUT2D eigenvalue weighted by Crippen LogP contribution is 2.34. The summed E-state index contributed by atoms with van der Waals surface area (Å²) < 4.78 is 12.3. The van der Waals surface area contributed by atoms with Crippen molar-refractivity contribution < 1.29 is 14.3 Å². The van der Waals surface area contributed by atoms with E-state index in [4.69, 9.17) is 9.47 Å². The molecule has 0 aliphatic rings. The molecule has 3 rings (SSSR count). The van der Waals surface area contributed by atoms with Crippen molar-refractivity contribution in [3.05, 3.63) is 92.6 Å². The van der Waals surface area contributed by atoms with Gasteiger partial charge in [-0.25, -0.2) is 5.43 Å². The van der Waals surface area contributed by atoms with Crippen molar-refractivity contribution in [3.8, 4) is 11.5 Å². The minimum absolute atomic E-state index is 0.246. The predicted octanol–water partition coefficient (Wildman–Crippen LogP) is 4.95. The largest absolute Gasteiger partial charge is 0.493 e. The normalized spacial score (nSPS) is 10.7. The van der Waals surface area contributed by atoms with Crippen LogP contribution in [-0.4, -0.2) is 19.2 Å². The Morgan fingerprint density at radius 1 is 1.10 bits per heavy atom. The maximum atomic E-state index is 12.2. The molecule has 6 heteroatoms. The second-order valence-corrected chi connectivity index (χ2v) is 7.48. The molecule has 0 saturated carbocycles. The third-order valence-electron chi connectivity index (χ3n) is 4.25. The molecule has 3 aromatic rings. The van der Waals surface area contributed by atoms with Gasteiger partial charge in [-0.3, -0.25) is 4.79 Å². The summed E-state index contributed by atoms with van der Waals surface area (Å²) in [7, 11) is 1.60. The van der Waals surface area contributed by atoms with Crippen molar-refractivity contribution in [3.63, 3.8) is 0 Å². The molecule has 29 heavy (non-hydrogen) atoms. The van der Waals surface area contributed by atoms with Crippen LogP contribution in [0.4, 0.5) is 0 Å². The zero-order valence-electron chi connectivity index (χ0n) is 16.2. The van der Waals surface area contributed by atoms with Gasteiger partial charge in [0.2, 0.25) is 0 Å². The number of nitrogens with zero attached hydrogens (tertiary/aromatic N) is 1. The number of hydrogen-bond acceptors (Lipinski definition) is 4. The van der Waals surface area contributed by atoms with Crippen molar-refractivity contribution in [1.82, 2.24) is 5.43 Å². The second-order valence-electron chi connectivity index (χ2n) is 6.32. The van der Waals surface area contributed by atoms with E-state index >= 15 is 0 Å². The minimum atomic E-state index is -0.246. The number of ether oxygens (including phenoxy) is 2. The predicted molar refractivity (Wildman–Crippen MR) is 123 cm³/mol. The lowest BCUT2D eigenvalue weighted by Gasteiger charge is -2.13. The third kappa shape index (κ3) is 5.57. The molecule has 0 fully saturated rings. The number of rotatable bonds is 7. The Morgan fingerprint density at radius 3 is 2.55 bits per heavy atom. The van der Waals surface area contributed by atoms with Gasteiger partial charge in [0, 0.05) is 5.56 Å². The molecule has 0 aliphatic heterocycles. The van der Waals surface area contributed by atoms with E-state index in [1.54, 1.807) is 19.4 Å². The van der Waals surface area contributed by atoms with Crippen LogP contribution in [0.25, 0.3) is 0 Å². The highest BCUT2D eigenvalue weighted by Gasteiger charge is 2.12. The Balaban J connectivity index is 1.70. The molecule has 0 unspecified atom stereocenters. The van der Waals surface area contributed by atoms with Crippen LogP contribution in [0.3, 0.4) is 0 Å². The van der Waals surface area contributed by atoms with E-state index in [9.17, 15) is 4.79 Å². The summed E-state index contributed by atoms with van der Waals surface area (Å²) in [5.74, 6) is 1.04. The molecule has 5 nitrogen and oxygen atoms in total. The van der Waals surface area contributed by atoms with Crippen LogP contribution in [0.15, 0.2) is 71.8 Å². The van der Waals surface area contributed by atoms with Gasteiger partial charge in [-0.2, -0.15) is 5.10 Å². The monoisotopic (exact) mass is 500 g/mol. The summed E-state index contributed by atoms with van der Waals surface area (Å²) in [6, 6.07) is 21.1. The van der Waals surface area contributed by atoms with E-state index in [0.29, 0.717) is 23.7 Å². The van der Waals surface area contributed by atoms with Gasteiger partial charge in [0.15, 0.2) is 11.5 Å². The summed E-state index contributed by atoms with van der Waals surface area (Å²) in [5, 5.41) is 4.07. The zero-order chi connectivity index (χ0) is 20.6. The first-order valence-electron chi connectivity index (χ1n) is 9.02. The Morgan fingerprint density at radius 2 is 1.83 bits per heavy atom. The fourth-order valence-electron chi connectivity index (χ4n) is 2.74. The number of amides is 1. The number of methoxy groups -OCH3 is 1. The molecular weight excluding hydrogens is 479 g/mol. The lowest BCUT2D eigenvalue weighted by molar-refractivity contribution is 0.0954. The molecule has 0 saturated heterocycles. The molecule has 0 atom stereocenters. The van der Waals surface area contributed by atoms with Gasteiger partial charge in [0.1, 0.15) is 6.61 Å². The number of nitrogens with one attached hydrogen (secondary N) is 1. The highest BCUT2D eigenvalue weighted by molar-refractivity contribution is 14.1. The van der Waals surface area contributed by atoms with Gasteiger partial charge in [0.25, 0.3) is 5.91 Å². The summed E-state index contributed by atoms with van der Waals surface area (Å²) in [6.45, 7) is 2.34. The van der Waals surface area contributed by atoms with Crippen molar-refractivity contribution in [2.24, 2.45) is 5.10 Å². The standard InChI is InChI=1S/C23H21IN2O3/c1-16-8-6-7-11-19(16)23(27)26-25-14-18-12-20(24)22(21(13-18)28-2)29-15-17-9-4-3-5-10-17/h3-14H,15H2,1-2H3,(H,26,27)/b25-14+. The van der Waals surface area contributed by atoms with Gasteiger partial charge < -0.3 is 9.47 Å². The Kier molecular flexibility index (Phi) is 7.24. The van der Waals surface area contributed by atoms with Gasteiger partial charge >= 0.3 is 0 Å². The smallest absolute Gasteiger partial charge is 0.271 e. The SMILES string of the molecule is COc1cc(/C=N/NC(=O)c2ccccc2C)cc(I)c1OCc1ccccc1. The fraction of sp³-hybridized carbons (Fsp3) is 0.130. The van der Waals surface area contributed by atoms with Crippen molar-refractivity contribution in [2.75, 3.05) is 7.11 Å². The average Bonchev–Trinajstić information content (AvgIpc) is 2.73. The summed E-state index contributed by atoms with van der Waals surface area (Å²) >= 11 is 2.20. The lowest BCUT2D eigenvalue weighted by atomic mass is 10.1. The minimum Gasteiger partial charge on any atom is -0.493 e. The maximum Gasteiger partial charge on any atom is 0.271 e. The van der Waals surface area contributed by atoms with E-state index in [-0.39, 0.29) is 5.91 Å². The highest BCUT2D eigenvalue weighted by atomic mass is 127. The van der Waals surface area contributed by atoms with E-state index < -0.39 is 0 Å². The quantitative estimate of drug-likeness (QED) is 0.284. The van der Waals surface area contributed by atoms with E-state index in [1.165, 1.54) is 0 Å². The number of hydrogen-bond donors (Lipinski definition) is 1. The van der Waals surface area contributed by atoms with Gasteiger partial charge in [-0.1, -0.05) is 48.5 Å². The molecule has 1 amide bonds. The first-order valence-corrected chi connectivity index (χ1v) is 10.1. The summed E-state index contributed by atoms with van der Waals surface area (Å²) in [6.07, 6.45) is 1.59. The molecule has 0 heterocycles. The van der Waals surface area contributed by atoms with Gasteiger partial charge in [-0.05, 0) is 64.4 Å². The lowest BCUT2D eigenvalue weighted by Crippen LogP contribution is -2.18. The Hall–Kier alpha value is -2.87. The molecule has 148 valence electrons. The first-order chi connectivity index (χ1) is 14.1. The number of hydrazone groups is 1. The molecule has 0 aromatic heterocycles. The Bertz CT molecular complexity index is 1020. The van der Waals surface area contributed by atoms with E-state index in [0.717, 1.165) is 20.3 Å². The topological polar surface area (TPSA) is 59.9 Å². The van der Waals surface area contributed by atoms with E-state index in [2.05, 4.69) is 33.1 Å². The van der Waals surface area contributed by atoms with Crippen molar-refractivity contribution >= 4 is 34.7 Å².